The molecule has 0 aromatic heterocycles. The van der Waals surface area contributed by atoms with Gasteiger partial charge in [-0.3, -0.25) is 4.79 Å². The minimum absolute atomic E-state index is 0.296. The first-order valence-electron chi connectivity index (χ1n) is 6.01. The van der Waals surface area contributed by atoms with E-state index < -0.39 is 38.9 Å². The maximum absolute atomic E-state index is 13.6. The molecule has 1 aliphatic rings. The summed E-state index contributed by atoms with van der Waals surface area (Å²) >= 11 is 0. The number of carboxylic acids is 1. The first-order valence-corrected chi connectivity index (χ1v) is 7.45. The predicted molar refractivity (Wildman–Crippen MR) is 65.5 cm³/mol. The second kappa shape index (κ2) is 5.45. The van der Waals surface area contributed by atoms with E-state index in [-0.39, 0.29) is 12.6 Å². The number of rotatable bonds is 6. The highest BCUT2D eigenvalue weighted by molar-refractivity contribution is 7.89. The van der Waals surface area contributed by atoms with Crippen molar-refractivity contribution in [1.82, 2.24) is 4.31 Å². The van der Waals surface area contributed by atoms with Gasteiger partial charge in [-0.1, -0.05) is 6.07 Å². The van der Waals surface area contributed by atoms with E-state index in [0.29, 0.717) is 12.8 Å². The van der Waals surface area contributed by atoms with Crippen LogP contribution in [0.25, 0.3) is 0 Å². The lowest BCUT2D eigenvalue weighted by atomic mass is 10.3. The second-order valence-electron chi connectivity index (χ2n) is 4.54. The maximum atomic E-state index is 13.6. The van der Waals surface area contributed by atoms with Gasteiger partial charge in [-0.15, -0.1) is 0 Å². The van der Waals surface area contributed by atoms with Crippen molar-refractivity contribution in [2.75, 3.05) is 6.54 Å². The van der Waals surface area contributed by atoms with Crippen molar-refractivity contribution in [3.63, 3.8) is 0 Å². The summed E-state index contributed by atoms with van der Waals surface area (Å²) in [4.78, 5) is 9.56. The van der Waals surface area contributed by atoms with Crippen molar-refractivity contribution in [3.8, 4) is 0 Å². The molecule has 0 atom stereocenters. The molecule has 0 radical (unpaired) electrons. The smallest absolute Gasteiger partial charge is 0.304 e. The number of aliphatic carboxylic acids is 1. The molecule has 2 rings (SSSR count). The molecule has 0 amide bonds. The van der Waals surface area contributed by atoms with Crippen LogP contribution in [0.1, 0.15) is 19.3 Å². The molecule has 8 heteroatoms. The Morgan fingerprint density at radius 2 is 1.85 bits per heavy atom. The Hall–Kier alpha value is -1.54. The van der Waals surface area contributed by atoms with Crippen molar-refractivity contribution in [1.29, 1.82) is 0 Å². The fourth-order valence-electron chi connectivity index (χ4n) is 1.91. The van der Waals surface area contributed by atoms with Gasteiger partial charge in [0.2, 0.25) is 10.0 Å². The molecule has 1 aliphatic carbocycles. The number of sulfonamides is 1. The number of halogens is 2. The Morgan fingerprint density at radius 1 is 1.30 bits per heavy atom. The van der Waals surface area contributed by atoms with Crippen LogP contribution >= 0.6 is 0 Å². The molecule has 1 aromatic carbocycles. The van der Waals surface area contributed by atoms with Crippen LogP contribution in [0, 0.1) is 11.6 Å². The first-order chi connectivity index (χ1) is 9.34. The number of hydrogen-bond donors (Lipinski definition) is 1. The van der Waals surface area contributed by atoms with E-state index in [0.717, 1.165) is 22.5 Å². The van der Waals surface area contributed by atoms with Crippen LogP contribution in [0.15, 0.2) is 23.1 Å². The van der Waals surface area contributed by atoms with Crippen molar-refractivity contribution < 1.29 is 27.1 Å². The molecule has 0 saturated heterocycles. The monoisotopic (exact) mass is 305 g/mol. The van der Waals surface area contributed by atoms with Crippen molar-refractivity contribution in [3.05, 3.63) is 29.8 Å². The molecule has 0 heterocycles. The van der Waals surface area contributed by atoms with Gasteiger partial charge in [0.25, 0.3) is 0 Å². The summed E-state index contributed by atoms with van der Waals surface area (Å²) in [6, 6.07) is 2.41. The van der Waals surface area contributed by atoms with E-state index in [4.69, 9.17) is 5.11 Å². The molecular weight excluding hydrogens is 292 g/mol. The van der Waals surface area contributed by atoms with Crippen molar-refractivity contribution >= 4 is 16.0 Å². The molecule has 5 nitrogen and oxygen atoms in total. The largest absolute Gasteiger partial charge is 0.481 e. The minimum Gasteiger partial charge on any atom is -0.481 e. The zero-order chi connectivity index (χ0) is 14.9. The van der Waals surface area contributed by atoms with Gasteiger partial charge >= 0.3 is 5.97 Å². The minimum atomic E-state index is -4.37. The predicted octanol–water partition coefficient (Wildman–Crippen LogP) is 1.59. The molecule has 0 aliphatic heterocycles. The lowest BCUT2D eigenvalue weighted by Gasteiger charge is -2.21. The third kappa shape index (κ3) is 2.96. The normalized spacial score (nSPS) is 15.6. The van der Waals surface area contributed by atoms with Gasteiger partial charge in [0.05, 0.1) is 6.42 Å². The van der Waals surface area contributed by atoms with Gasteiger partial charge in [-0.2, -0.15) is 4.31 Å². The molecule has 1 aromatic rings. The standard InChI is InChI=1S/C12H13F2NO4S/c13-9-2-1-3-10(14)12(9)20(18,19)15(8-4-5-8)7-6-11(16)17/h1-3,8H,4-7H2,(H,16,17). The SMILES string of the molecule is O=C(O)CCN(C1CC1)S(=O)(=O)c1c(F)cccc1F. The van der Waals surface area contributed by atoms with Gasteiger partial charge in [0.1, 0.15) is 11.6 Å². The molecule has 0 bridgehead atoms. The Labute approximate surface area is 114 Å². The van der Waals surface area contributed by atoms with Gasteiger partial charge < -0.3 is 5.11 Å². The third-order valence-corrected chi connectivity index (χ3v) is 4.99. The average Bonchev–Trinajstić information content (AvgIpc) is 3.12. The van der Waals surface area contributed by atoms with Crippen molar-refractivity contribution in [2.24, 2.45) is 0 Å². The Bertz CT molecular complexity index is 608. The van der Waals surface area contributed by atoms with Crippen molar-refractivity contribution in [2.45, 2.75) is 30.2 Å². The zero-order valence-electron chi connectivity index (χ0n) is 10.4. The quantitative estimate of drug-likeness (QED) is 0.866. The summed E-state index contributed by atoms with van der Waals surface area (Å²) in [5.74, 6) is -3.52. The van der Waals surface area contributed by atoms with Crippen LogP contribution in [0.5, 0.6) is 0 Å². The first kappa shape index (κ1) is 14.9. The fraction of sp³-hybridized carbons (Fsp3) is 0.417. The Balaban J connectivity index is 2.38. The number of carboxylic acid groups (broad SMARTS) is 1. The summed E-state index contributed by atoms with van der Waals surface area (Å²) in [5.41, 5.74) is 0. The summed E-state index contributed by atoms with van der Waals surface area (Å²) in [7, 11) is -4.37. The van der Waals surface area contributed by atoms with E-state index in [2.05, 4.69) is 0 Å². The molecule has 0 unspecified atom stereocenters. The highest BCUT2D eigenvalue weighted by Gasteiger charge is 2.40. The molecular formula is C12H13F2NO4S. The van der Waals surface area contributed by atoms with Crippen LogP contribution in [-0.4, -0.2) is 36.4 Å². The topological polar surface area (TPSA) is 74.7 Å². The van der Waals surface area contributed by atoms with Crippen LogP contribution in [0.2, 0.25) is 0 Å². The number of hydrogen-bond acceptors (Lipinski definition) is 3. The molecule has 1 fully saturated rings. The lowest BCUT2D eigenvalue weighted by molar-refractivity contribution is -0.137. The molecule has 110 valence electrons. The van der Waals surface area contributed by atoms with Crippen LogP contribution in [-0.2, 0) is 14.8 Å². The molecule has 1 saturated carbocycles. The molecule has 0 spiro atoms. The summed E-state index contributed by atoms with van der Waals surface area (Å²) < 4.78 is 52.8. The molecule has 20 heavy (non-hydrogen) atoms. The van der Waals surface area contributed by atoms with E-state index in [9.17, 15) is 22.0 Å². The highest BCUT2D eigenvalue weighted by Crippen LogP contribution is 2.33. The van der Waals surface area contributed by atoms with Crippen LogP contribution < -0.4 is 0 Å². The Kier molecular flexibility index (Phi) is 4.05. The maximum Gasteiger partial charge on any atom is 0.304 e. The van der Waals surface area contributed by atoms with E-state index in [1.807, 2.05) is 0 Å². The fourth-order valence-corrected chi connectivity index (χ4v) is 3.71. The van der Waals surface area contributed by atoms with Gasteiger partial charge in [0, 0.05) is 12.6 Å². The summed E-state index contributed by atoms with van der Waals surface area (Å²) in [6.07, 6.45) is 0.718. The zero-order valence-corrected chi connectivity index (χ0v) is 11.2. The number of carbonyl (C=O) groups is 1. The van der Waals surface area contributed by atoms with Crippen LogP contribution in [0.3, 0.4) is 0 Å². The van der Waals surface area contributed by atoms with Gasteiger partial charge in [0.15, 0.2) is 4.90 Å². The lowest BCUT2D eigenvalue weighted by Crippen LogP contribution is -2.36. The van der Waals surface area contributed by atoms with E-state index in [1.54, 1.807) is 0 Å². The third-order valence-electron chi connectivity index (χ3n) is 2.99. The average molecular weight is 305 g/mol. The van der Waals surface area contributed by atoms with Gasteiger partial charge in [-0.25, -0.2) is 17.2 Å². The molecule has 1 N–H and O–H groups in total. The van der Waals surface area contributed by atoms with Gasteiger partial charge in [-0.05, 0) is 25.0 Å². The highest BCUT2D eigenvalue weighted by atomic mass is 32.2. The van der Waals surface area contributed by atoms with Crippen LogP contribution in [0.4, 0.5) is 8.78 Å². The number of benzene rings is 1. The summed E-state index contributed by atoms with van der Waals surface area (Å²) in [6.45, 7) is -0.296. The van der Waals surface area contributed by atoms with E-state index in [1.165, 1.54) is 0 Å². The second-order valence-corrected chi connectivity index (χ2v) is 6.37. The number of nitrogens with zero attached hydrogens (tertiary/aromatic N) is 1. The Morgan fingerprint density at radius 3 is 2.30 bits per heavy atom. The van der Waals surface area contributed by atoms with E-state index >= 15 is 0 Å². The summed E-state index contributed by atoms with van der Waals surface area (Å²) in [5, 5.41) is 8.64.